The Bertz CT molecular complexity index is 393. The predicted molar refractivity (Wildman–Crippen MR) is 65.3 cm³/mol. The van der Waals surface area contributed by atoms with Crippen molar-refractivity contribution in [1.29, 1.82) is 0 Å². The van der Waals surface area contributed by atoms with Gasteiger partial charge in [0, 0.05) is 4.47 Å². The fourth-order valence-corrected chi connectivity index (χ4v) is 3.17. The third kappa shape index (κ3) is 2.17. The Balaban J connectivity index is 2.63. The van der Waals surface area contributed by atoms with Gasteiger partial charge < -0.3 is 0 Å². The number of rotatable bonds is 0. The van der Waals surface area contributed by atoms with E-state index in [1.807, 2.05) is 0 Å². The summed E-state index contributed by atoms with van der Waals surface area (Å²) in [5.74, 6) is -0.200. The summed E-state index contributed by atoms with van der Waals surface area (Å²) >= 11 is 15.6. The summed E-state index contributed by atoms with van der Waals surface area (Å²) < 4.78 is 14.3. The highest BCUT2D eigenvalue weighted by Crippen LogP contribution is 2.42. The van der Waals surface area contributed by atoms with E-state index in [-0.39, 0.29) is 11.2 Å². The number of benzene rings is 1. The summed E-state index contributed by atoms with van der Waals surface area (Å²) in [5, 5.41) is 0.398. The van der Waals surface area contributed by atoms with Crippen LogP contribution in [0.3, 0.4) is 0 Å². The summed E-state index contributed by atoms with van der Waals surface area (Å²) in [6.45, 7) is 0. The summed E-state index contributed by atoms with van der Waals surface area (Å²) in [6.07, 6.45) is 3.60. The summed E-state index contributed by atoms with van der Waals surface area (Å²) in [6, 6.07) is 1.43. The van der Waals surface area contributed by atoms with Gasteiger partial charge >= 0.3 is 0 Å². The normalized spacial score (nSPS) is 20.9. The molecule has 15 heavy (non-hydrogen) atoms. The van der Waals surface area contributed by atoms with Gasteiger partial charge in [-0.2, -0.15) is 0 Å². The van der Waals surface area contributed by atoms with Crippen LogP contribution in [0.4, 0.5) is 4.39 Å². The van der Waals surface area contributed by atoms with E-state index in [9.17, 15) is 4.39 Å². The van der Waals surface area contributed by atoms with Gasteiger partial charge in [-0.1, -0.05) is 18.0 Å². The molecule has 0 fully saturated rings. The van der Waals surface area contributed by atoms with Crippen LogP contribution in [0, 0.1) is 5.82 Å². The van der Waals surface area contributed by atoms with Crippen molar-refractivity contribution in [3.05, 3.63) is 32.5 Å². The van der Waals surface area contributed by atoms with E-state index < -0.39 is 0 Å². The summed E-state index contributed by atoms with van der Waals surface area (Å²) in [5.41, 5.74) is 1.48. The molecule has 2 rings (SSSR count). The Morgan fingerprint density at radius 3 is 2.87 bits per heavy atom. The van der Waals surface area contributed by atoms with Crippen molar-refractivity contribution in [1.82, 2.24) is 0 Å². The van der Waals surface area contributed by atoms with Crippen molar-refractivity contribution in [2.24, 2.45) is 0 Å². The lowest BCUT2D eigenvalue weighted by Gasteiger charge is -2.14. The van der Waals surface area contributed by atoms with Crippen LogP contribution in [0.15, 0.2) is 10.5 Å². The first kappa shape index (κ1) is 11.7. The molecule has 0 saturated heterocycles. The molecule has 0 bridgehead atoms. The van der Waals surface area contributed by atoms with Gasteiger partial charge in [0.2, 0.25) is 0 Å². The number of hydrogen-bond acceptors (Lipinski definition) is 0. The van der Waals surface area contributed by atoms with Crippen LogP contribution in [-0.4, -0.2) is 0 Å². The molecular formula is C11H10BrCl2F. The molecule has 0 saturated carbocycles. The zero-order valence-electron chi connectivity index (χ0n) is 7.99. The van der Waals surface area contributed by atoms with Crippen LogP contribution in [0.5, 0.6) is 0 Å². The summed E-state index contributed by atoms with van der Waals surface area (Å²) in [4.78, 5) is 0. The minimum atomic E-state index is -0.200. The van der Waals surface area contributed by atoms with E-state index in [1.54, 1.807) is 0 Å². The molecule has 0 nitrogen and oxygen atoms in total. The van der Waals surface area contributed by atoms with Crippen LogP contribution >= 0.6 is 39.1 Å². The minimum absolute atomic E-state index is 0.165. The van der Waals surface area contributed by atoms with Crippen molar-refractivity contribution in [3.8, 4) is 0 Å². The lowest BCUT2D eigenvalue weighted by molar-refractivity contribution is 0.603. The molecule has 0 aromatic heterocycles. The molecule has 1 unspecified atom stereocenters. The van der Waals surface area contributed by atoms with E-state index in [2.05, 4.69) is 15.9 Å². The third-order valence-corrected chi connectivity index (χ3v) is 4.46. The molecule has 1 aliphatic carbocycles. The first-order valence-electron chi connectivity index (χ1n) is 4.91. The van der Waals surface area contributed by atoms with Gasteiger partial charge in [0.25, 0.3) is 0 Å². The van der Waals surface area contributed by atoms with Crippen LogP contribution in [0.25, 0.3) is 0 Å². The molecule has 1 aromatic carbocycles. The van der Waals surface area contributed by atoms with Gasteiger partial charge in [-0.25, -0.2) is 4.39 Å². The molecule has 0 radical (unpaired) electrons. The van der Waals surface area contributed by atoms with Gasteiger partial charge in [0.15, 0.2) is 0 Å². The molecule has 1 aromatic rings. The van der Waals surface area contributed by atoms with E-state index >= 15 is 0 Å². The van der Waals surface area contributed by atoms with E-state index in [0.717, 1.165) is 31.2 Å². The topological polar surface area (TPSA) is 0 Å². The smallest absolute Gasteiger partial charge is 0.127 e. The standard InChI is InChI=1S/C11H10BrCl2F/c12-7-5-9(15)6-3-1-2-4-8(13)10(6)11(7)14/h5,8H,1-4H2. The number of hydrogen-bond donors (Lipinski definition) is 0. The fraction of sp³-hybridized carbons (Fsp3) is 0.455. The van der Waals surface area contributed by atoms with Gasteiger partial charge in [0.1, 0.15) is 5.82 Å². The van der Waals surface area contributed by atoms with Gasteiger partial charge in [-0.05, 0) is 52.4 Å². The lowest BCUT2D eigenvalue weighted by Crippen LogP contribution is -1.99. The maximum Gasteiger partial charge on any atom is 0.127 e. The van der Waals surface area contributed by atoms with Crippen molar-refractivity contribution in [2.75, 3.05) is 0 Å². The Morgan fingerprint density at radius 1 is 1.40 bits per heavy atom. The molecule has 1 aliphatic rings. The highest BCUT2D eigenvalue weighted by atomic mass is 79.9. The first-order valence-corrected chi connectivity index (χ1v) is 6.52. The van der Waals surface area contributed by atoms with Crippen LogP contribution in [0.1, 0.15) is 35.8 Å². The predicted octanol–water partition coefficient (Wildman–Crippen LogP) is 5.25. The second-order valence-electron chi connectivity index (χ2n) is 3.76. The zero-order chi connectivity index (χ0) is 11.0. The fourth-order valence-electron chi connectivity index (χ4n) is 2.00. The lowest BCUT2D eigenvalue weighted by atomic mass is 10.0. The molecule has 0 amide bonds. The number of halogens is 4. The summed E-state index contributed by atoms with van der Waals surface area (Å²) in [7, 11) is 0. The Hall–Kier alpha value is 0.210. The quantitative estimate of drug-likeness (QED) is 0.349. The van der Waals surface area contributed by atoms with Crippen molar-refractivity contribution in [3.63, 3.8) is 0 Å². The van der Waals surface area contributed by atoms with Crippen molar-refractivity contribution >= 4 is 39.1 Å². The second kappa shape index (κ2) is 4.60. The monoisotopic (exact) mass is 310 g/mol. The van der Waals surface area contributed by atoms with Gasteiger partial charge in [-0.15, -0.1) is 11.6 Å². The van der Waals surface area contributed by atoms with E-state index in [4.69, 9.17) is 23.2 Å². The second-order valence-corrected chi connectivity index (χ2v) is 5.52. The van der Waals surface area contributed by atoms with E-state index in [0.29, 0.717) is 15.1 Å². The third-order valence-electron chi connectivity index (χ3n) is 2.76. The molecular weight excluding hydrogens is 302 g/mol. The molecule has 4 heteroatoms. The SMILES string of the molecule is Fc1cc(Br)c(Cl)c2c1CCCCC2Cl. The Labute approximate surface area is 107 Å². The molecule has 1 atom stereocenters. The maximum absolute atomic E-state index is 13.7. The minimum Gasteiger partial charge on any atom is -0.207 e. The maximum atomic E-state index is 13.7. The average molecular weight is 312 g/mol. The van der Waals surface area contributed by atoms with Crippen LogP contribution in [-0.2, 0) is 6.42 Å². The molecule has 0 N–H and O–H groups in total. The van der Waals surface area contributed by atoms with Crippen molar-refractivity contribution < 1.29 is 4.39 Å². The largest absolute Gasteiger partial charge is 0.207 e. The number of alkyl halides is 1. The first-order chi connectivity index (χ1) is 7.11. The molecule has 0 spiro atoms. The molecule has 0 aliphatic heterocycles. The van der Waals surface area contributed by atoms with Gasteiger partial charge in [-0.3, -0.25) is 0 Å². The number of fused-ring (bicyclic) bond motifs is 1. The van der Waals surface area contributed by atoms with Crippen LogP contribution in [0.2, 0.25) is 5.02 Å². The zero-order valence-corrected chi connectivity index (χ0v) is 11.1. The molecule has 0 heterocycles. The van der Waals surface area contributed by atoms with Crippen molar-refractivity contribution in [2.45, 2.75) is 31.1 Å². The van der Waals surface area contributed by atoms with E-state index in [1.165, 1.54) is 6.07 Å². The molecule has 82 valence electrons. The Kier molecular flexibility index (Phi) is 3.59. The highest BCUT2D eigenvalue weighted by molar-refractivity contribution is 9.10. The Morgan fingerprint density at radius 2 is 2.13 bits per heavy atom. The highest BCUT2D eigenvalue weighted by Gasteiger charge is 2.23. The van der Waals surface area contributed by atoms with Gasteiger partial charge in [0.05, 0.1) is 10.4 Å². The van der Waals surface area contributed by atoms with Crippen LogP contribution < -0.4 is 0 Å². The average Bonchev–Trinajstić information content (AvgIpc) is 2.37.